The number of rotatable bonds is 6. The first-order chi connectivity index (χ1) is 10.2. The van der Waals surface area contributed by atoms with Crippen molar-refractivity contribution in [3.8, 4) is 0 Å². The van der Waals surface area contributed by atoms with Crippen molar-refractivity contribution in [1.82, 2.24) is 15.6 Å². The van der Waals surface area contributed by atoms with Gasteiger partial charge in [0.2, 0.25) is 0 Å². The second kappa shape index (κ2) is 8.31. The number of nitrogens with zero attached hydrogens (tertiary/aromatic N) is 2. The third-order valence-electron chi connectivity index (χ3n) is 3.15. The Morgan fingerprint density at radius 1 is 1.67 bits per heavy atom. The summed E-state index contributed by atoms with van der Waals surface area (Å²) < 4.78 is 11.1. The van der Waals surface area contributed by atoms with E-state index in [2.05, 4.69) is 34.5 Å². The van der Waals surface area contributed by atoms with Gasteiger partial charge >= 0.3 is 0 Å². The normalized spacial score (nSPS) is 20.5. The molecule has 118 valence electrons. The predicted molar refractivity (Wildman–Crippen MR) is 84.8 cm³/mol. The number of nitrogens with one attached hydrogen (secondary N) is 2. The van der Waals surface area contributed by atoms with E-state index in [-0.39, 0.29) is 12.1 Å². The van der Waals surface area contributed by atoms with Gasteiger partial charge < -0.3 is 20.1 Å². The molecule has 1 fully saturated rings. The average Bonchev–Trinajstić information content (AvgIpc) is 3.12. The fraction of sp³-hybridized carbons (Fsp3) is 0.714. The molecule has 1 aromatic rings. The number of aliphatic imine (C=N–C) groups is 1. The number of thiazole rings is 1. The molecule has 1 aliphatic rings. The molecule has 0 aliphatic carbocycles. The molecule has 1 saturated heterocycles. The molecule has 0 amide bonds. The van der Waals surface area contributed by atoms with E-state index < -0.39 is 0 Å². The van der Waals surface area contributed by atoms with Crippen molar-refractivity contribution in [3.63, 3.8) is 0 Å². The van der Waals surface area contributed by atoms with Gasteiger partial charge in [-0.2, -0.15) is 0 Å². The number of guanidine groups is 1. The van der Waals surface area contributed by atoms with Gasteiger partial charge in [-0.1, -0.05) is 0 Å². The zero-order valence-corrected chi connectivity index (χ0v) is 13.7. The van der Waals surface area contributed by atoms with E-state index in [0.29, 0.717) is 19.8 Å². The summed E-state index contributed by atoms with van der Waals surface area (Å²) in [5.74, 6) is 0.765. The molecule has 1 aromatic heterocycles. The SMILES string of the molecule is CN=C(NCc1ncc(C)s1)NC(C)COC1CCOC1. The highest BCUT2D eigenvalue weighted by molar-refractivity contribution is 7.11. The van der Waals surface area contributed by atoms with Gasteiger partial charge in [-0.05, 0) is 20.3 Å². The number of aromatic nitrogens is 1. The van der Waals surface area contributed by atoms with Crippen LogP contribution in [0.5, 0.6) is 0 Å². The molecule has 0 spiro atoms. The summed E-state index contributed by atoms with van der Waals surface area (Å²) in [5, 5.41) is 7.64. The maximum absolute atomic E-state index is 5.80. The van der Waals surface area contributed by atoms with Gasteiger partial charge in [0.15, 0.2) is 5.96 Å². The van der Waals surface area contributed by atoms with Crippen LogP contribution in [-0.4, -0.2) is 50.0 Å². The summed E-state index contributed by atoms with van der Waals surface area (Å²) in [4.78, 5) is 9.76. The lowest BCUT2D eigenvalue weighted by molar-refractivity contribution is 0.0347. The monoisotopic (exact) mass is 312 g/mol. The topological polar surface area (TPSA) is 67.8 Å². The minimum atomic E-state index is 0.190. The molecule has 2 unspecified atom stereocenters. The predicted octanol–water partition coefficient (Wildman–Crippen LogP) is 1.31. The zero-order chi connectivity index (χ0) is 15.1. The van der Waals surface area contributed by atoms with Crippen LogP contribution in [0, 0.1) is 6.92 Å². The van der Waals surface area contributed by atoms with E-state index in [4.69, 9.17) is 9.47 Å². The summed E-state index contributed by atoms with van der Waals surface area (Å²) >= 11 is 1.69. The molecule has 21 heavy (non-hydrogen) atoms. The Kier molecular flexibility index (Phi) is 6.41. The van der Waals surface area contributed by atoms with Crippen molar-refractivity contribution in [2.24, 2.45) is 4.99 Å². The fourth-order valence-corrected chi connectivity index (χ4v) is 2.76. The highest BCUT2D eigenvalue weighted by Gasteiger charge is 2.17. The maximum Gasteiger partial charge on any atom is 0.191 e. The maximum atomic E-state index is 5.80. The minimum absolute atomic E-state index is 0.190. The van der Waals surface area contributed by atoms with Crippen LogP contribution in [0.25, 0.3) is 0 Å². The summed E-state index contributed by atoms with van der Waals surface area (Å²) in [5.41, 5.74) is 0. The Labute approximate surface area is 130 Å². The molecular formula is C14H24N4O2S. The van der Waals surface area contributed by atoms with E-state index in [1.54, 1.807) is 18.4 Å². The number of hydrogen-bond donors (Lipinski definition) is 2. The lowest BCUT2D eigenvalue weighted by atomic mass is 10.3. The minimum Gasteiger partial charge on any atom is -0.379 e. The molecule has 0 saturated carbocycles. The standard InChI is InChI=1S/C14H24N4O2S/c1-10(8-20-12-4-5-19-9-12)18-14(15-3)17-7-13-16-6-11(2)21-13/h6,10,12H,4-5,7-9H2,1-3H3,(H2,15,17,18). The summed E-state index contributed by atoms with van der Waals surface area (Å²) in [6.07, 6.45) is 3.11. The van der Waals surface area contributed by atoms with Crippen molar-refractivity contribution in [3.05, 3.63) is 16.1 Å². The molecule has 6 nitrogen and oxygen atoms in total. The van der Waals surface area contributed by atoms with Gasteiger partial charge in [-0.25, -0.2) is 4.98 Å². The van der Waals surface area contributed by atoms with Gasteiger partial charge in [0.1, 0.15) is 5.01 Å². The molecule has 2 rings (SSSR count). The second-order valence-corrected chi connectivity index (χ2v) is 6.47. The van der Waals surface area contributed by atoms with E-state index in [1.807, 2.05) is 6.20 Å². The molecule has 0 radical (unpaired) electrons. The van der Waals surface area contributed by atoms with Crippen LogP contribution >= 0.6 is 11.3 Å². The molecule has 2 heterocycles. The van der Waals surface area contributed by atoms with Crippen LogP contribution in [0.15, 0.2) is 11.2 Å². The summed E-state index contributed by atoms with van der Waals surface area (Å²) in [6, 6.07) is 0.190. The van der Waals surface area contributed by atoms with E-state index >= 15 is 0 Å². The quantitative estimate of drug-likeness (QED) is 0.612. The summed E-state index contributed by atoms with van der Waals surface area (Å²) in [6.45, 7) is 6.98. The Balaban J connectivity index is 1.68. The largest absolute Gasteiger partial charge is 0.379 e. The van der Waals surface area contributed by atoms with Gasteiger partial charge in [0.05, 0.1) is 25.9 Å². The number of hydrogen-bond acceptors (Lipinski definition) is 5. The van der Waals surface area contributed by atoms with Crippen molar-refractivity contribution in [1.29, 1.82) is 0 Å². The second-order valence-electron chi connectivity index (χ2n) is 5.15. The van der Waals surface area contributed by atoms with Crippen molar-refractivity contribution < 1.29 is 9.47 Å². The molecule has 0 bridgehead atoms. The van der Waals surface area contributed by atoms with Gasteiger partial charge in [-0.3, -0.25) is 4.99 Å². The Morgan fingerprint density at radius 3 is 3.14 bits per heavy atom. The van der Waals surface area contributed by atoms with Crippen LogP contribution in [0.4, 0.5) is 0 Å². The highest BCUT2D eigenvalue weighted by Crippen LogP contribution is 2.10. The first-order valence-corrected chi connectivity index (χ1v) is 8.07. The van der Waals surface area contributed by atoms with Gasteiger partial charge in [0.25, 0.3) is 0 Å². The van der Waals surface area contributed by atoms with E-state index in [1.165, 1.54) is 4.88 Å². The van der Waals surface area contributed by atoms with E-state index in [9.17, 15) is 0 Å². The lowest BCUT2D eigenvalue weighted by Gasteiger charge is -2.19. The van der Waals surface area contributed by atoms with Crippen LogP contribution in [0.2, 0.25) is 0 Å². The first kappa shape index (κ1) is 16.2. The smallest absolute Gasteiger partial charge is 0.191 e. The lowest BCUT2D eigenvalue weighted by Crippen LogP contribution is -2.44. The third kappa shape index (κ3) is 5.61. The van der Waals surface area contributed by atoms with Gasteiger partial charge in [0, 0.05) is 30.8 Å². The van der Waals surface area contributed by atoms with Gasteiger partial charge in [-0.15, -0.1) is 11.3 Å². The Morgan fingerprint density at radius 2 is 2.52 bits per heavy atom. The van der Waals surface area contributed by atoms with Crippen molar-refractivity contribution in [2.75, 3.05) is 26.9 Å². The van der Waals surface area contributed by atoms with Crippen LogP contribution in [0.1, 0.15) is 23.2 Å². The van der Waals surface area contributed by atoms with Crippen LogP contribution < -0.4 is 10.6 Å². The molecule has 0 aromatic carbocycles. The fourth-order valence-electron chi connectivity index (χ4n) is 2.04. The molecule has 2 atom stereocenters. The average molecular weight is 312 g/mol. The molecule has 7 heteroatoms. The van der Waals surface area contributed by atoms with Crippen LogP contribution in [-0.2, 0) is 16.0 Å². The first-order valence-electron chi connectivity index (χ1n) is 7.25. The number of ether oxygens (including phenoxy) is 2. The van der Waals surface area contributed by atoms with Crippen molar-refractivity contribution in [2.45, 2.75) is 39.0 Å². The van der Waals surface area contributed by atoms with Crippen molar-refractivity contribution >= 4 is 17.3 Å². The third-order valence-corrected chi connectivity index (χ3v) is 4.07. The highest BCUT2D eigenvalue weighted by atomic mass is 32.1. The Bertz CT molecular complexity index is 458. The zero-order valence-electron chi connectivity index (χ0n) is 12.9. The number of aryl methyl sites for hydroxylation is 1. The van der Waals surface area contributed by atoms with E-state index in [0.717, 1.165) is 24.0 Å². The van der Waals surface area contributed by atoms with Crippen LogP contribution in [0.3, 0.4) is 0 Å². The Hall–Kier alpha value is -1.18. The molecular weight excluding hydrogens is 288 g/mol. The summed E-state index contributed by atoms with van der Waals surface area (Å²) in [7, 11) is 1.76. The molecule has 2 N–H and O–H groups in total. The molecule has 1 aliphatic heterocycles.